The van der Waals surface area contributed by atoms with Crippen molar-refractivity contribution in [2.75, 3.05) is 19.8 Å². The van der Waals surface area contributed by atoms with Crippen molar-refractivity contribution in [1.29, 1.82) is 0 Å². The lowest BCUT2D eigenvalue weighted by Gasteiger charge is -2.58. The molecule has 0 unspecified atom stereocenters. The van der Waals surface area contributed by atoms with Crippen molar-refractivity contribution < 1.29 is 53.3 Å². The van der Waals surface area contributed by atoms with Gasteiger partial charge in [0.2, 0.25) is 0 Å². The molecule has 3 N–H and O–H groups in total. The van der Waals surface area contributed by atoms with E-state index in [2.05, 4.69) is 0 Å². The molecule has 11 nitrogen and oxygen atoms in total. The predicted molar refractivity (Wildman–Crippen MR) is 137 cm³/mol. The quantitative estimate of drug-likeness (QED) is 0.232. The van der Waals surface area contributed by atoms with Gasteiger partial charge in [0.15, 0.2) is 6.10 Å². The summed E-state index contributed by atoms with van der Waals surface area (Å²) >= 11 is 0. The highest BCUT2D eigenvalue weighted by molar-refractivity contribution is 5.82. The van der Waals surface area contributed by atoms with Crippen LogP contribution in [-0.2, 0) is 38.0 Å². The van der Waals surface area contributed by atoms with Gasteiger partial charge in [-0.3, -0.25) is 0 Å². The van der Waals surface area contributed by atoms with Crippen LogP contribution >= 0.6 is 0 Å². The summed E-state index contributed by atoms with van der Waals surface area (Å²) in [4.78, 5) is 26.3. The van der Waals surface area contributed by atoms with Crippen LogP contribution < -0.4 is 0 Å². The molecule has 40 heavy (non-hydrogen) atoms. The van der Waals surface area contributed by atoms with E-state index in [1.54, 1.807) is 26.0 Å². The Hall–Kier alpha value is -2.12. The van der Waals surface area contributed by atoms with E-state index in [1.165, 1.54) is 12.2 Å². The van der Waals surface area contributed by atoms with Crippen molar-refractivity contribution in [3.63, 3.8) is 0 Å². The maximum atomic E-state index is 13.3. The SMILES string of the molecule is CC1=C[C@H]2O[C@@H]3C[C@@H]4OC(=O)/C=C\C=C/[C@@H]([C@@H](C)O)OC[C@@H](O)[C@]5(C)O[C@@H]5C(=O)OC[C@@]2(C[C@@H]1O)[C@@]4(C)[C@@]31CO1. The molecule has 3 saturated heterocycles. The molecule has 6 rings (SSSR count). The molecule has 0 aromatic carbocycles. The van der Waals surface area contributed by atoms with Crippen LogP contribution in [0.25, 0.3) is 0 Å². The van der Waals surface area contributed by atoms with Crippen LogP contribution in [0, 0.1) is 10.8 Å². The van der Waals surface area contributed by atoms with Gasteiger partial charge in [-0.1, -0.05) is 31.2 Å². The number of carbonyl (C=O) groups excluding carboxylic acids is 2. The summed E-state index contributed by atoms with van der Waals surface area (Å²) in [5, 5.41) is 31.9. The summed E-state index contributed by atoms with van der Waals surface area (Å²) < 4.78 is 35.9. The van der Waals surface area contributed by atoms with Crippen LogP contribution in [0.5, 0.6) is 0 Å². The molecule has 0 aromatic rings. The number of aliphatic hydroxyl groups excluding tert-OH is 3. The smallest absolute Gasteiger partial charge is 0.338 e. The molecular formula is C29H38O11. The van der Waals surface area contributed by atoms with E-state index in [4.69, 9.17) is 28.4 Å². The molecule has 4 aliphatic heterocycles. The van der Waals surface area contributed by atoms with E-state index < -0.39 is 76.7 Å². The van der Waals surface area contributed by atoms with E-state index in [1.807, 2.05) is 19.9 Å². The molecule has 2 spiro atoms. The maximum Gasteiger partial charge on any atom is 0.338 e. The number of carbonyl (C=O) groups is 2. The zero-order valence-electron chi connectivity index (χ0n) is 23.1. The second-order valence-electron chi connectivity index (χ2n) is 12.5. The van der Waals surface area contributed by atoms with E-state index >= 15 is 0 Å². The minimum absolute atomic E-state index is 0.134. The zero-order chi connectivity index (χ0) is 28.7. The molecule has 1 saturated carbocycles. The van der Waals surface area contributed by atoms with Crippen LogP contribution in [0.4, 0.5) is 0 Å². The van der Waals surface area contributed by atoms with Crippen molar-refractivity contribution >= 4 is 11.9 Å². The molecule has 6 aliphatic rings. The third kappa shape index (κ3) is 3.97. The second kappa shape index (κ2) is 9.45. The van der Waals surface area contributed by atoms with E-state index in [-0.39, 0.29) is 25.7 Å². The number of epoxide rings is 2. The first-order valence-corrected chi connectivity index (χ1v) is 13.9. The number of hydrogen-bond acceptors (Lipinski definition) is 11. The van der Waals surface area contributed by atoms with Crippen LogP contribution in [-0.4, -0.2) is 107 Å². The summed E-state index contributed by atoms with van der Waals surface area (Å²) in [7, 11) is 0. The molecule has 0 radical (unpaired) electrons. The Morgan fingerprint density at radius 3 is 2.55 bits per heavy atom. The van der Waals surface area contributed by atoms with Crippen LogP contribution in [0.2, 0.25) is 0 Å². The molecule has 220 valence electrons. The number of allylic oxidation sites excluding steroid dienone is 2. The molecule has 2 aliphatic carbocycles. The van der Waals surface area contributed by atoms with Crippen molar-refractivity contribution in [2.24, 2.45) is 10.8 Å². The lowest BCUT2D eigenvalue weighted by atomic mass is 9.51. The lowest BCUT2D eigenvalue weighted by Crippen LogP contribution is -2.68. The van der Waals surface area contributed by atoms with Crippen molar-refractivity contribution in [3.05, 3.63) is 36.0 Å². The van der Waals surface area contributed by atoms with Crippen LogP contribution in [0.15, 0.2) is 36.0 Å². The number of rotatable bonds is 1. The number of cyclic esters (lactones) is 1. The molecule has 0 aromatic heterocycles. The second-order valence-corrected chi connectivity index (χ2v) is 12.5. The Kier molecular flexibility index (Phi) is 6.62. The van der Waals surface area contributed by atoms with Gasteiger partial charge in [-0.2, -0.15) is 0 Å². The number of esters is 2. The molecule has 11 heteroatoms. The fraction of sp³-hybridized carbons (Fsp3) is 0.724. The van der Waals surface area contributed by atoms with Gasteiger partial charge in [0, 0.05) is 17.9 Å². The number of fused-ring (bicyclic) bond motifs is 1. The largest absolute Gasteiger partial charge is 0.463 e. The van der Waals surface area contributed by atoms with E-state index in [9.17, 15) is 24.9 Å². The standard InChI is InChI=1S/C29H38O11/c1-15-9-21-28(11-17(15)31)13-36-25(34)24-26(3,40-24)19(32)12-35-18(16(2)30)7-5-6-8-23(33)39-20-10-22(38-21)29(14-37-29)27(20,28)4/h5-9,16-22,24,30-32H,10-14H2,1-4H3/b7-5-,8-6-/t16-,17+,18+,19-,20+,21-,22-,24-,26+,27+,28-,29-/m1/s1. The molecule has 4 heterocycles. The monoisotopic (exact) mass is 562 g/mol. The zero-order valence-corrected chi connectivity index (χ0v) is 23.1. The summed E-state index contributed by atoms with van der Waals surface area (Å²) in [5.74, 6) is -1.23. The van der Waals surface area contributed by atoms with Crippen LogP contribution in [0.1, 0.15) is 40.5 Å². The number of aliphatic hydroxyl groups is 3. The average molecular weight is 563 g/mol. The van der Waals surface area contributed by atoms with Gasteiger partial charge in [-0.15, -0.1) is 0 Å². The number of hydrogen-bond donors (Lipinski definition) is 3. The summed E-state index contributed by atoms with van der Waals surface area (Å²) in [6.45, 7) is 7.03. The van der Waals surface area contributed by atoms with Gasteiger partial charge >= 0.3 is 11.9 Å². The maximum absolute atomic E-state index is 13.3. The first-order chi connectivity index (χ1) is 18.9. The van der Waals surface area contributed by atoms with Crippen molar-refractivity contribution in [2.45, 2.75) is 101 Å². The predicted octanol–water partition coefficient (Wildman–Crippen LogP) is 0.496. The highest BCUT2D eigenvalue weighted by atomic mass is 16.7. The Morgan fingerprint density at radius 2 is 1.85 bits per heavy atom. The first-order valence-electron chi connectivity index (χ1n) is 13.9. The normalized spacial score (nSPS) is 52.6. The Bertz CT molecular complexity index is 1160. The van der Waals surface area contributed by atoms with Gasteiger partial charge in [0.05, 0.1) is 43.0 Å². The highest BCUT2D eigenvalue weighted by Gasteiger charge is 2.83. The molecule has 4 fully saturated rings. The lowest BCUT2D eigenvalue weighted by molar-refractivity contribution is -0.239. The first kappa shape index (κ1) is 28.0. The van der Waals surface area contributed by atoms with Gasteiger partial charge in [-0.05, 0) is 32.8 Å². The van der Waals surface area contributed by atoms with Gasteiger partial charge < -0.3 is 43.7 Å². The molecule has 12 atom stereocenters. The van der Waals surface area contributed by atoms with E-state index in [0.717, 1.165) is 5.57 Å². The van der Waals surface area contributed by atoms with Crippen molar-refractivity contribution in [3.8, 4) is 0 Å². The van der Waals surface area contributed by atoms with Gasteiger partial charge in [0.1, 0.15) is 36.1 Å². The summed E-state index contributed by atoms with van der Waals surface area (Å²) in [6, 6.07) is 0. The topological polar surface area (TPSA) is 157 Å². The third-order valence-corrected chi connectivity index (χ3v) is 10.3. The van der Waals surface area contributed by atoms with Crippen molar-refractivity contribution in [1.82, 2.24) is 0 Å². The average Bonchev–Trinajstić information content (AvgIpc) is 3.81. The van der Waals surface area contributed by atoms with Gasteiger partial charge in [0.25, 0.3) is 0 Å². The molecule has 0 amide bonds. The third-order valence-electron chi connectivity index (χ3n) is 10.3. The number of ether oxygens (including phenoxy) is 6. The Labute approximate surface area is 232 Å². The minimum Gasteiger partial charge on any atom is -0.463 e. The summed E-state index contributed by atoms with van der Waals surface area (Å²) in [6.07, 6.45) is 2.24. The Balaban J connectivity index is 1.38. The fourth-order valence-electron chi connectivity index (χ4n) is 7.38. The van der Waals surface area contributed by atoms with E-state index in [0.29, 0.717) is 13.0 Å². The fourth-order valence-corrected chi connectivity index (χ4v) is 7.38. The van der Waals surface area contributed by atoms with Gasteiger partial charge in [-0.25, -0.2) is 9.59 Å². The summed E-state index contributed by atoms with van der Waals surface area (Å²) in [5.41, 5.74) is -3.03. The molecule has 2 bridgehead atoms. The van der Waals surface area contributed by atoms with Crippen LogP contribution in [0.3, 0.4) is 0 Å². The highest BCUT2D eigenvalue weighted by Crippen LogP contribution is 2.72. The minimum atomic E-state index is -1.22. The Morgan fingerprint density at radius 1 is 1.10 bits per heavy atom. The molecular weight excluding hydrogens is 524 g/mol.